The van der Waals surface area contributed by atoms with E-state index in [2.05, 4.69) is 5.32 Å². The molecule has 1 heterocycles. The molecule has 3 aliphatic rings. The number of rotatable bonds is 9. The minimum Gasteiger partial charge on any atom is -0.493 e. The van der Waals surface area contributed by atoms with Gasteiger partial charge in [0.2, 0.25) is 11.8 Å². The van der Waals surface area contributed by atoms with Gasteiger partial charge in [-0.3, -0.25) is 14.4 Å². The van der Waals surface area contributed by atoms with Crippen LogP contribution in [0, 0.1) is 5.92 Å². The zero-order valence-corrected chi connectivity index (χ0v) is 21.6. The summed E-state index contributed by atoms with van der Waals surface area (Å²) in [5.74, 6) is -0.758. The quantitative estimate of drug-likeness (QED) is 0.416. The van der Waals surface area contributed by atoms with Gasteiger partial charge < -0.3 is 29.9 Å². The first-order valence-electron chi connectivity index (χ1n) is 12.5. The number of aldehydes is 1. The summed E-state index contributed by atoms with van der Waals surface area (Å²) < 4.78 is 11.7. The van der Waals surface area contributed by atoms with E-state index in [1.807, 2.05) is 12.1 Å². The second kappa shape index (κ2) is 10.8. The van der Waals surface area contributed by atoms with Crippen LogP contribution in [0.3, 0.4) is 0 Å². The van der Waals surface area contributed by atoms with Crippen LogP contribution < -0.4 is 14.8 Å². The van der Waals surface area contributed by atoms with Crippen molar-refractivity contribution >= 4 is 29.7 Å². The van der Waals surface area contributed by atoms with E-state index in [-0.39, 0.29) is 37.1 Å². The fourth-order valence-corrected chi connectivity index (χ4v) is 5.37. The molecule has 0 bridgehead atoms. The number of aliphatic hydroxyl groups is 2. The van der Waals surface area contributed by atoms with Crippen molar-refractivity contribution in [3.05, 3.63) is 69.8 Å². The maximum absolute atomic E-state index is 13.5. The lowest BCUT2D eigenvalue weighted by molar-refractivity contribution is -0.139. The van der Waals surface area contributed by atoms with E-state index in [1.165, 1.54) is 13.2 Å². The highest BCUT2D eigenvalue weighted by atomic mass is 35.5. The number of ether oxygens (including phenoxy) is 2. The Morgan fingerprint density at radius 2 is 1.97 bits per heavy atom. The van der Waals surface area contributed by atoms with Crippen molar-refractivity contribution in [2.75, 3.05) is 20.3 Å². The summed E-state index contributed by atoms with van der Waals surface area (Å²) in [6, 6.07) is 9.41. The van der Waals surface area contributed by atoms with E-state index in [4.69, 9.17) is 21.1 Å². The van der Waals surface area contributed by atoms with Gasteiger partial charge in [0.05, 0.1) is 25.7 Å². The smallest absolute Gasteiger partial charge is 0.247 e. The van der Waals surface area contributed by atoms with Gasteiger partial charge in [-0.1, -0.05) is 23.7 Å². The first-order chi connectivity index (χ1) is 18.4. The van der Waals surface area contributed by atoms with Gasteiger partial charge in [0.15, 0.2) is 11.5 Å². The number of hydrogen-bond acceptors (Lipinski definition) is 7. The molecule has 2 aliphatic carbocycles. The summed E-state index contributed by atoms with van der Waals surface area (Å²) in [5, 5.41) is 24.2. The highest BCUT2D eigenvalue weighted by Crippen LogP contribution is 2.51. The number of aliphatic hydroxyl groups excluding tert-OH is 2. The highest BCUT2D eigenvalue weighted by Gasteiger charge is 2.52. The van der Waals surface area contributed by atoms with Crippen molar-refractivity contribution in [2.24, 2.45) is 5.92 Å². The molecule has 200 valence electrons. The third kappa shape index (κ3) is 4.89. The first-order valence-corrected chi connectivity index (χ1v) is 12.9. The lowest BCUT2D eigenvalue weighted by Crippen LogP contribution is -2.55. The number of carbonyl (C=O) groups is 3. The predicted molar refractivity (Wildman–Crippen MR) is 138 cm³/mol. The fourth-order valence-electron chi connectivity index (χ4n) is 5.24. The van der Waals surface area contributed by atoms with Gasteiger partial charge in [-0.25, -0.2) is 0 Å². The number of benzene rings is 2. The van der Waals surface area contributed by atoms with Crippen molar-refractivity contribution in [3.8, 4) is 11.5 Å². The molecule has 3 N–H and O–H groups in total. The molecule has 1 saturated carbocycles. The molecule has 10 heteroatoms. The average Bonchev–Trinajstić information content (AvgIpc) is 3.71. The molecular formula is C28H29ClN2O7. The molecule has 0 saturated heterocycles. The normalized spacial score (nSPS) is 23.4. The molecule has 4 atom stereocenters. The molecule has 38 heavy (non-hydrogen) atoms. The second-order valence-electron chi connectivity index (χ2n) is 9.77. The Morgan fingerprint density at radius 1 is 1.24 bits per heavy atom. The van der Waals surface area contributed by atoms with Crippen LogP contribution in [0.5, 0.6) is 11.5 Å². The van der Waals surface area contributed by atoms with Crippen molar-refractivity contribution in [2.45, 2.75) is 43.6 Å². The van der Waals surface area contributed by atoms with Crippen LogP contribution in [0.2, 0.25) is 5.02 Å². The second-order valence-corrected chi connectivity index (χ2v) is 10.2. The van der Waals surface area contributed by atoms with Gasteiger partial charge in [0.1, 0.15) is 18.5 Å². The van der Waals surface area contributed by atoms with Gasteiger partial charge in [0, 0.05) is 40.7 Å². The lowest BCUT2D eigenvalue weighted by atomic mass is 9.77. The molecule has 2 amide bonds. The van der Waals surface area contributed by atoms with Crippen molar-refractivity contribution in [1.82, 2.24) is 10.2 Å². The summed E-state index contributed by atoms with van der Waals surface area (Å²) in [6.07, 6.45) is 1.74. The standard InChI is InChI=1S/C28H29ClN2O7/c1-37-22-11-16(14-33)10-19-23-20(27(35)30-8-9-32)12-21(24(34)26(23)38-25(19)22)31(28(36)17-4-5-17)13-15-2-6-18(29)7-3-15/h2-3,6-7,10-12,14,17,21,23-24,26,32,34H,4-5,8-9,13H2,1H3,(H,30,35)/t21-,23+,24+,26+/m1/s1. The van der Waals surface area contributed by atoms with Gasteiger partial charge in [-0.15, -0.1) is 0 Å². The number of nitrogens with zero attached hydrogens (tertiary/aromatic N) is 1. The van der Waals surface area contributed by atoms with E-state index in [9.17, 15) is 24.6 Å². The number of amides is 2. The average molecular weight is 541 g/mol. The SMILES string of the molecule is COc1cc(C=O)cc2c1O[C@@H]1[C@@H](O)[C@H](N(Cc3ccc(Cl)cc3)C(=O)C3CC3)C=C(C(=O)NCCO)[C@H]21. The van der Waals surface area contributed by atoms with Gasteiger partial charge in [0.25, 0.3) is 0 Å². The number of halogens is 1. The Balaban J connectivity index is 1.59. The summed E-state index contributed by atoms with van der Waals surface area (Å²) in [6.45, 7) is -0.0148. The molecule has 9 nitrogen and oxygen atoms in total. The third-order valence-corrected chi connectivity index (χ3v) is 7.50. The Morgan fingerprint density at radius 3 is 2.61 bits per heavy atom. The lowest BCUT2D eigenvalue weighted by Gasteiger charge is -2.41. The first kappa shape index (κ1) is 26.2. The van der Waals surface area contributed by atoms with Crippen LogP contribution in [-0.2, 0) is 16.1 Å². The van der Waals surface area contributed by atoms with E-state index in [0.717, 1.165) is 18.4 Å². The van der Waals surface area contributed by atoms with Gasteiger partial charge in [-0.2, -0.15) is 0 Å². The number of nitrogens with one attached hydrogen (secondary N) is 1. The van der Waals surface area contributed by atoms with Crippen LogP contribution >= 0.6 is 11.6 Å². The largest absolute Gasteiger partial charge is 0.493 e. The zero-order chi connectivity index (χ0) is 27.0. The molecule has 5 rings (SSSR count). The molecule has 1 fully saturated rings. The molecule has 2 aromatic carbocycles. The monoisotopic (exact) mass is 540 g/mol. The van der Waals surface area contributed by atoms with Crippen molar-refractivity contribution < 1.29 is 34.1 Å². The van der Waals surface area contributed by atoms with Crippen molar-refractivity contribution in [3.63, 3.8) is 0 Å². The highest BCUT2D eigenvalue weighted by molar-refractivity contribution is 6.30. The Labute approximate surface area is 225 Å². The van der Waals surface area contributed by atoms with Gasteiger partial charge in [-0.05, 0) is 48.7 Å². The fraction of sp³-hybridized carbons (Fsp3) is 0.393. The topological polar surface area (TPSA) is 125 Å². The molecule has 0 unspecified atom stereocenters. The third-order valence-electron chi connectivity index (χ3n) is 7.25. The Bertz CT molecular complexity index is 1270. The summed E-state index contributed by atoms with van der Waals surface area (Å²) in [4.78, 5) is 40.1. The Hall–Kier alpha value is -3.40. The molecular weight excluding hydrogens is 512 g/mol. The van der Waals surface area contributed by atoms with Crippen LogP contribution in [-0.4, -0.2) is 71.7 Å². The summed E-state index contributed by atoms with van der Waals surface area (Å²) in [5.41, 5.74) is 1.99. The maximum Gasteiger partial charge on any atom is 0.247 e. The van der Waals surface area contributed by atoms with Crippen LogP contribution in [0.1, 0.15) is 40.2 Å². The predicted octanol–water partition coefficient (Wildman–Crippen LogP) is 2.22. The number of hydrogen-bond donors (Lipinski definition) is 3. The molecule has 0 radical (unpaired) electrons. The molecule has 0 aromatic heterocycles. The van der Waals surface area contributed by atoms with Gasteiger partial charge >= 0.3 is 0 Å². The molecule has 1 aliphatic heterocycles. The zero-order valence-electron chi connectivity index (χ0n) is 20.8. The molecule has 0 spiro atoms. The minimum atomic E-state index is -1.18. The van der Waals surface area contributed by atoms with E-state index < -0.39 is 30.1 Å². The summed E-state index contributed by atoms with van der Waals surface area (Å²) >= 11 is 6.05. The number of fused-ring (bicyclic) bond motifs is 3. The van der Waals surface area contributed by atoms with E-state index in [1.54, 1.807) is 29.2 Å². The molecule has 2 aromatic rings. The number of methoxy groups -OCH3 is 1. The summed E-state index contributed by atoms with van der Waals surface area (Å²) in [7, 11) is 1.45. The van der Waals surface area contributed by atoms with Crippen LogP contribution in [0.25, 0.3) is 0 Å². The van der Waals surface area contributed by atoms with E-state index in [0.29, 0.717) is 33.9 Å². The maximum atomic E-state index is 13.5. The van der Waals surface area contributed by atoms with E-state index >= 15 is 0 Å². The van der Waals surface area contributed by atoms with Crippen LogP contribution in [0.4, 0.5) is 0 Å². The van der Waals surface area contributed by atoms with Crippen molar-refractivity contribution in [1.29, 1.82) is 0 Å². The Kier molecular flexibility index (Phi) is 7.43. The van der Waals surface area contributed by atoms with Crippen LogP contribution in [0.15, 0.2) is 48.0 Å². The minimum absolute atomic E-state index is 0.0295. The number of carbonyl (C=O) groups excluding carboxylic acids is 3.